The molecule has 1 aromatic carbocycles. The van der Waals surface area contributed by atoms with Gasteiger partial charge in [0.05, 0.1) is 4.92 Å². The van der Waals surface area contributed by atoms with Gasteiger partial charge in [0.1, 0.15) is 0 Å². The van der Waals surface area contributed by atoms with E-state index in [2.05, 4.69) is 10.6 Å². The maximum absolute atomic E-state index is 11.4. The Labute approximate surface area is 103 Å². The molecule has 1 rings (SSSR count). The van der Waals surface area contributed by atoms with Crippen LogP contribution < -0.4 is 10.6 Å². The number of benzene rings is 1. The second-order valence-electron chi connectivity index (χ2n) is 3.52. The third-order valence-electron chi connectivity index (χ3n) is 2.06. The number of carbonyl (C=O) groups excluding carboxylic acids is 2. The third kappa shape index (κ3) is 3.85. The standard InChI is InChI=1S/C11H13N3O4/c1-2-6-12-10(15)11(16)13-8-4-3-5-9(7-8)14(17)18/h3-5,7H,2,6H2,1H3,(H,12,15)(H,13,16). The molecule has 0 aliphatic heterocycles. The van der Waals surface area contributed by atoms with Crippen LogP contribution in [0.1, 0.15) is 13.3 Å². The number of nitrogens with zero attached hydrogens (tertiary/aromatic N) is 1. The lowest BCUT2D eigenvalue weighted by Crippen LogP contribution is -2.35. The fourth-order valence-electron chi connectivity index (χ4n) is 1.20. The molecule has 0 heterocycles. The van der Waals surface area contributed by atoms with E-state index in [9.17, 15) is 19.7 Å². The fraction of sp³-hybridized carbons (Fsp3) is 0.273. The van der Waals surface area contributed by atoms with Gasteiger partial charge in [0.15, 0.2) is 0 Å². The van der Waals surface area contributed by atoms with Crippen molar-refractivity contribution < 1.29 is 14.5 Å². The molecule has 2 N–H and O–H groups in total. The Morgan fingerprint density at radius 1 is 1.33 bits per heavy atom. The summed E-state index contributed by atoms with van der Waals surface area (Å²) in [5.41, 5.74) is 0.0580. The molecule has 1 aromatic rings. The summed E-state index contributed by atoms with van der Waals surface area (Å²) in [7, 11) is 0. The molecule has 7 nitrogen and oxygen atoms in total. The van der Waals surface area contributed by atoms with Crippen molar-refractivity contribution in [2.75, 3.05) is 11.9 Å². The van der Waals surface area contributed by atoms with Gasteiger partial charge < -0.3 is 10.6 Å². The summed E-state index contributed by atoms with van der Waals surface area (Å²) < 4.78 is 0. The number of carbonyl (C=O) groups is 2. The molecule has 18 heavy (non-hydrogen) atoms. The molecular formula is C11H13N3O4. The summed E-state index contributed by atoms with van der Waals surface area (Å²) in [6.07, 6.45) is 0.718. The Morgan fingerprint density at radius 2 is 2.06 bits per heavy atom. The van der Waals surface area contributed by atoms with E-state index >= 15 is 0 Å². The lowest BCUT2D eigenvalue weighted by atomic mass is 10.3. The lowest BCUT2D eigenvalue weighted by Gasteiger charge is -2.05. The Hall–Kier alpha value is -2.44. The molecule has 0 fully saturated rings. The number of amides is 2. The van der Waals surface area contributed by atoms with Crippen LogP contribution in [0.5, 0.6) is 0 Å². The van der Waals surface area contributed by atoms with Gasteiger partial charge in [0, 0.05) is 24.4 Å². The van der Waals surface area contributed by atoms with E-state index < -0.39 is 16.7 Å². The van der Waals surface area contributed by atoms with E-state index in [0.29, 0.717) is 6.54 Å². The fourth-order valence-corrected chi connectivity index (χ4v) is 1.20. The van der Waals surface area contributed by atoms with E-state index in [1.54, 1.807) is 0 Å². The molecular weight excluding hydrogens is 238 g/mol. The Morgan fingerprint density at radius 3 is 2.67 bits per heavy atom. The van der Waals surface area contributed by atoms with Gasteiger partial charge >= 0.3 is 11.8 Å². The molecule has 0 unspecified atom stereocenters. The first-order valence-corrected chi connectivity index (χ1v) is 5.38. The highest BCUT2D eigenvalue weighted by molar-refractivity contribution is 6.39. The van der Waals surface area contributed by atoms with Crippen molar-refractivity contribution in [2.45, 2.75) is 13.3 Å². The van der Waals surface area contributed by atoms with E-state index in [-0.39, 0.29) is 11.4 Å². The average Bonchev–Trinajstić information content (AvgIpc) is 2.36. The number of anilines is 1. The Bertz CT molecular complexity index is 473. The molecule has 0 radical (unpaired) electrons. The highest BCUT2D eigenvalue weighted by atomic mass is 16.6. The van der Waals surface area contributed by atoms with Gasteiger partial charge in [-0.25, -0.2) is 0 Å². The highest BCUT2D eigenvalue weighted by Crippen LogP contribution is 2.16. The zero-order chi connectivity index (χ0) is 13.5. The molecule has 0 aromatic heterocycles. The number of hydrogen-bond donors (Lipinski definition) is 2. The number of nitro benzene ring substituents is 1. The molecule has 0 spiro atoms. The number of non-ortho nitro benzene ring substituents is 1. The van der Waals surface area contributed by atoms with E-state index in [1.165, 1.54) is 24.3 Å². The molecule has 7 heteroatoms. The first-order valence-electron chi connectivity index (χ1n) is 5.38. The first-order chi connectivity index (χ1) is 8.54. The number of nitrogens with one attached hydrogen (secondary N) is 2. The SMILES string of the molecule is CCCNC(=O)C(=O)Nc1cccc([N+](=O)[O-])c1. The average molecular weight is 251 g/mol. The van der Waals surface area contributed by atoms with Crippen LogP contribution in [0, 0.1) is 10.1 Å². The zero-order valence-electron chi connectivity index (χ0n) is 9.80. The molecule has 0 saturated heterocycles. The topological polar surface area (TPSA) is 101 Å². The van der Waals surface area contributed by atoms with Crippen LogP contribution in [-0.4, -0.2) is 23.3 Å². The van der Waals surface area contributed by atoms with E-state index in [1.807, 2.05) is 6.92 Å². The summed E-state index contributed by atoms with van der Waals surface area (Å²) in [6, 6.07) is 5.38. The van der Waals surface area contributed by atoms with Crippen LogP contribution in [0.2, 0.25) is 0 Å². The van der Waals surface area contributed by atoms with Crippen molar-refractivity contribution >= 4 is 23.2 Å². The second-order valence-corrected chi connectivity index (χ2v) is 3.52. The minimum absolute atomic E-state index is 0.151. The quantitative estimate of drug-likeness (QED) is 0.474. The molecule has 0 atom stereocenters. The molecule has 0 aliphatic rings. The van der Waals surface area contributed by atoms with Crippen LogP contribution in [0.3, 0.4) is 0 Å². The van der Waals surface area contributed by atoms with Gasteiger partial charge in [-0.2, -0.15) is 0 Å². The van der Waals surface area contributed by atoms with Crippen molar-refractivity contribution in [1.82, 2.24) is 5.32 Å². The predicted molar refractivity (Wildman–Crippen MR) is 65.0 cm³/mol. The first kappa shape index (κ1) is 13.6. The van der Waals surface area contributed by atoms with Gasteiger partial charge in [0.25, 0.3) is 5.69 Å². The van der Waals surface area contributed by atoms with Crippen molar-refractivity contribution in [2.24, 2.45) is 0 Å². The zero-order valence-corrected chi connectivity index (χ0v) is 9.80. The van der Waals surface area contributed by atoms with Gasteiger partial charge in [-0.1, -0.05) is 13.0 Å². The van der Waals surface area contributed by atoms with Crippen LogP contribution in [0.25, 0.3) is 0 Å². The van der Waals surface area contributed by atoms with Crippen LogP contribution >= 0.6 is 0 Å². The maximum atomic E-state index is 11.4. The summed E-state index contributed by atoms with van der Waals surface area (Å²) in [5, 5.41) is 15.2. The molecule has 0 aliphatic carbocycles. The van der Waals surface area contributed by atoms with Crippen LogP contribution in [0.15, 0.2) is 24.3 Å². The minimum Gasteiger partial charge on any atom is -0.348 e. The van der Waals surface area contributed by atoms with E-state index in [0.717, 1.165) is 6.42 Å². The summed E-state index contributed by atoms with van der Waals surface area (Å²) >= 11 is 0. The lowest BCUT2D eigenvalue weighted by molar-refractivity contribution is -0.384. The van der Waals surface area contributed by atoms with Gasteiger partial charge in [0.2, 0.25) is 0 Å². The van der Waals surface area contributed by atoms with Crippen LogP contribution in [0.4, 0.5) is 11.4 Å². The van der Waals surface area contributed by atoms with E-state index in [4.69, 9.17) is 0 Å². The second kappa shape index (κ2) is 6.33. The van der Waals surface area contributed by atoms with Crippen molar-refractivity contribution in [3.63, 3.8) is 0 Å². The van der Waals surface area contributed by atoms with Crippen molar-refractivity contribution in [1.29, 1.82) is 0 Å². The Kier molecular flexibility index (Phi) is 4.79. The summed E-state index contributed by atoms with van der Waals surface area (Å²) in [6.45, 7) is 2.26. The maximum Gasteiger partial charge on any atom is 0.313 e. The largest absolute Gasteiger partial charge is 0.348 e. The van der Waals surface area contributed by atoms with Crippen molar-refractivity contribution in [3.8, 4) is 0 Å². The van der Waals surface area contributed by atoms with Gasteiger partial charge in [-0.15, -0.1) is 0 Å². The minimum atomic E-state index is -0.844. The van der Waals surface area contributed by atoms with Crippen molar-refractivity contribution in [3.05, 3.63) is 34.4 Å². The summed E-state index contributed by atoms with van der Waals surface area (Å²) in [4.78, 5) is 32.6. The monoisotopic (exact) mass is 251 g/mol. The smallest absolute Gasteiger partial charge is 0.313 e. The molecule has 2 amide bonds. The predicted octanol–water partition coefficient (Wildman–Crippen LogP) is 1.06. The molecule has 96 valence electrons. The Balaban J connectivity index is 2.67. The number of rotatable bonds is 4. The highest BCUT2D eigenvalue weighted by Gasteiger charge is 2.14. The van der Waals surface area contributed by atoms with Gasteiger partial charge in [-0.3, -0.25) is 19.7 Å². The normalized spacial score (nSPS) is 9.61. The third-order valence-corrected chi connectivity index (χ3v) is 2.06. The molecule has 0 bridgehead atoms. The summed E-state index contributed by atoms with van der Waals surface area (Å²) in [5.74, 6) is -1.60. The number of nitro groups is 1. The molecule has 0 saturated carbocycles. The van der Waals surface area contributed by atoms with Crippen LogP contribution in [-0.2, 0) is 9.59 Å². The number of hydrogen-bond acceptors (Lipinski definition) is 4. The van der Waals surface area contributed by atoms with Gasteiger partial charge in [-0.05, 0) is 12.5 Å².